The molecular weight excluding hydrogens is 336 g/mol. The van der Waals surface area contributed by atoms with Gasteiger partial charge in [-0.15, -0.1) is 0 Å². The van der Waals surface area contributed by atoms with Gasteiger partial charge in [-0.1, -0.05) is 60.7 Å². The van der Waals surface area contributed by atoms with Gasteiger partial charge >= 0.3 is 0 Å². The van der Waals surface area contributed by atoms with Gasteiger partial charge in [0.25, 0.3) is 5.91 Å². The number of hydrogen-bond donors (Lipinski definition) is 2. The Hall–Kier alpha value is -3.24. The third-order valence-electron chi connectivity index (χ3n) is 4.47. The lowest BCUT2D eigenvalue weighted by atomic mass is 9.99. The monoisotopic (exact) mass is 358 g/mol. The van der Waals surface area contributed by atoms with Crippen LogP contribution >= 0.6 is 0 Å². The molecule has 0 aliphatic rings. The molecule has 0 heterocycles. The van der Waals surface area contributed by atoms with E-state index in [1.165, 1.54) is 0 Å². The van der Waals surface area contributed by atoms with E-state index in [2.05, 4.69) is 5.32 Å². The van der Waals surface area contributed by atoms with E-state index in [-0.39, 0.29) is 17.7 Å². The zero-order valence-electron chi connectivity index (χ0n) is 15.2. The fourth-order valence-corrected chi connectivity index (χ4v) is 2.96. The van der Waals surface area contributed by atoms with Gasteiger partial charge in [-0.25, -0.2) is 0 Å². The highest BCUT2D eigenvalue weighted by Crippen LogP contribution is 2.22. The number of Topliss-reactive ketones (excluding diaryl/α,β-unsaturated/α-hetero) is 1. The minimum Gasteiger partial charge on any atom is -0.344 e. The Labute approximate surface area is 159 Å². The molecule has 0 fully saturated rings. The van der Waals surface area contributed by atoms with Crippen molar-refractivity contribution in [2.75, 3.05) is 6.54 Å². The summed E-state index contributed by atoms with van der Waals surface area (Å²) in [5, 5.41) is 2.99. The van der Waals surface area contributed by atoms with Crippen LogP contribution in [0.2, 0.25) is 0 Å². The van der Waals surface area contributed by atoms with Crippen LogP contribution in [-0.4, -0.2) is 18.2 Å². The highest BCUT2D eigenvalue weighted by atomic mass is 16.1. The summed E-state index contributed by atoms with van der Waals surface area (Å²) >= 11 is 0. The van der Waals surface area contributed by atoms with Gasteiger partial charge in [0, 0.05) is 17.7 Å². The maximum atomic E-state index is 12.7. The van der Waals surface area contributed by atoms with Crippen molar-refractivity contribution >= 4 is 11.7 Å². The normalized spacial score (nSPS) is 11.6. The third kappa shape index (κ3) is 4.49. The Morgan fingerprint density at radius 2 is 1.44 bits per heavy atom. The van der Waals surface area contributed by atoms with E-state index in [1.807, 2.05) is 66.7 Å². The molecular formula is C23H22N2O2. The maximum Gasteiger partial charge on any atom is 0.251 e. The summed E-state index contributed by atoms with van der Waals surface area (Å²) < 4.78 is 0. The average molecular weight is 358 g/mol. The molecule has 0 radical (unpaired) electrons. The highest BCUT2D eigenvalue weighted by molar-refractivity contribution is 5.97. The van der Waals surface area contributed by atoms with E-state index in [0.29, 0.717) is 17.7 Å². The number of hydrogen-bond acceptors (Lipinski definition) is 3. The number of amides is 1. The van der Waals surface area contributed by atoms with Crippen LogP contribution in [0.3, 0.4) is 0 Å². The topological polar surface area (TPSA) is 72.2 Å². The van der Waals surface area contributed by atoms with Crippen LogP contribution in [0.4, 0.5) is 0 Å². The first-order chi connectivity index (χ1) is 13.1. The van der Waals surface area contributed by atoms with Crippen LogP contribution < -0.4 is 11.1 Å². The minimum absolute atomic E-state index is 0.0133. The molecule has 0 bridgehead atoms. The predicted molar refractivity (Wildman–Crippen MR) is 108 cm³/mol. The smallest absolute Gasteiger partial charge is 0.251 e. The van der Waals surface area contributed by atoms with Crippen LogP contribution in [0.5, 0.6) is 0 Å². The van der Waals surface area contributed by atoms with E-state index in [9.17, 15) is 9.59 Å². The lowest BCUT2D eigenvalue weighted by molar-refractivity contribution is 0.0937. The zero-order chi connectivity index (χ0) is 19.2. The van der Waals surface area contributed by atoms with Gasteiger partial charge in [-0.2, -0.15) is 0 Å². The van der Waals surface area contributed by atoms with Crippen LogP contribution in [-0.2, 0) is 0 Å². The van der Waals surface area contributed by atoms with Crippen molar-refractivity contribution in [2.24, 2.45) is 5.73 Å². The number of benzene rings is 3. The molecule has 0 unspecified atom stereocenters. The summed E-state index contributed by atoms with van der Waals surface area (Å²) in [6.45, 7) is 1.86. The molecule has 0 saturated heterocycles. The second kappa shape index (κ2) is 8.43. The summed E-state index contributed by atoms with van der Waals surface area (Å²) in [7, 11) is 0. The van der Waals surface area contributed by atoms with Crippen LogP contribution in [0.25, 0.3) is 11.1 Å². The van der Waals surface area contributed by atoms with Crippen molar-refractivity contribution in [3.63, 3.8) is 0 Å². The van der Waals surface area contributed by atoms with Gasteiger partial charge in [0.2, 0.25) is 0 Å². The van der Waals surface area contributed by atoms with Crippen LogP contribution in [0.15, 0.2) is 78.9 Å². The highest BCUT2D eigenvalue weighted by Gasteiger charge is 2.15. The fraction of sp³-hybridized carbons (Fsp3) is 0.130. The quantitative estimate of drug-likeness (QED) is 0.655. The van der Waals surface area contributed by atoms with Gasteiger partial charge in [-0.3, -0.25) is 9.59 Å². The molecule has 4 heteroatoms. The summed E-state index contributed by atoms with van der Waals surface area (Å²) in [6, 6.07) is 24.2. The number of carbonyl (C=O) groups is 2. The molecule has 3 aromatic carbocycles. The predicted octanol–water partition coefficient (Wildman–Crippen LogP) is 3.99. The Morgan fingerprint density at radius 1 is 0.852 bits per heavy atom. The Bertz CT molecular complexity index is 951. The largest absolute Gasteiger partial charge is 0.344 e. The molecule has 0 aliphatic heterocycles. The molecule has 27 heavy (non-hydrogen) atoms. The van der Waals surface area contributed by atoms with E-state index in [1.54, 1.807) is 19.1 Å². The molecule has 3 rings (SSSR count). The molecule has 4 nitrogen and oxygen atoms in total. The second-order valence-electron chi connectivity index (χ2n) is 6.39. The molecule has 3 N–H and O–H groups in total. The summed E-state index contributed by atoms with van der Waals surface area (Å²) in [5.41, 5.74) is 9.80. The van der Waals surface area contributed by atoms with Crippen LogP contribution in [0.1, 0.15) is 39.2 Å². The molecule has 0 saturated carbocycles. The van der Waals surface area contributed by atoms with Crippen LogP contribution in [0, 0.1) is 0 Å². The lowest BCUT2D eigenvalue weighted by Gasteiger charge is -2.17. The molecule has 0 spiro atoms. The third-order valence-corrected chi connectivity index (χ3v) is 4.47. The average Bonchev–Trinajstić information content (AvgIpc) is 2.72. The SMILES string of the molecule is CC(=O)c1cccc(-c2cccc(C(=O)N[C@@H](CN)c3ccccc3)c2)c1. The van der Waals surface area contributed by atoms with E-state index >= 15 is 0 Å². The van der Waals surface area contributed by atoms with Crippen molar-refractivity contribution in [2.45, 2.75) is 13.0 Å². The molecule has 0 aliphatic carbocycles. The van der Waals surface area contributed by atoms with Crippen molar-refractivity contribution in [1.82, 2.24) is 5.32 Å². The van der Waals surface area contributed by atoms with Gasteiger partial charge in [-0.05, 0) is 41.8 Å². The first kappa shape index (κ1) is 18.5. The number of nitrogens with one attached hydrogen (secondary N) is 1. The molecule has 3 aromatic rings. The minimum atomic E-state index is -0.247. The Balaban J connectivity index is 1.83. The van der Waals surface area contributed by atoms with Gasteiger partial charge in [0.05, 0.1) is 6.04 Å². The Kier molecular flexibility index (Phi) is 5.79. The first-order valence-corrected chi connectivity index (χ1v) is 8.86. The van der Waals surface area contributed by atoms with E-state index in [4.69, 9.17) is 5.73 Å². The van der Waals surface area contributed by atoms with E-state index in [0.717, 1.165) is 16.7 Å². The van der Waals surface area contributed by atoms with Gasteiger partial charge in [0.1, 0.15) is 0 Å². The number of carbonyl (C=O) groups excluding carboxylic acids is 2. The fourth-order valence-electron chi connectivity index (χ4n) is 2.96. The standard InChI is InChI=1S/C23H22N2O2/c1-16(26)18-9-5-10-19(13-18)20-11-6-12-21(14-20)23(27)25-22(15-24)17-7-3-2-4-8-17/h2-14,22H,15,24H2,1H3,(H,25,27)/t22-/m0/s1. The molecule has 0 aromatic heterocycles. The number of ketones is 1. The summed E-state index contributed by atoms with van der Waals surface area (Å²) in [5.74, 6) is -0.168. The maximum absolute atomic E-state index is 12.7. The van der Waals surface area contributed by atoms with Crippen molar-refractivity contribution in [3.8, 4) is 11.1 Å². The number of rotatable bonds is 6. The first-order valence-electron chi connectivity index (χ1n) is 8.86. The van der Waals surface area contributed by atoms with Gasteiger partial charge in [0.15, 0.2) is 5.78 Å². The molecule has 1 atom stereocenters. The summed E-state index contributed by atoms with van der Waals surface area (Å²) in [4.78, 5) is 24.3. The zero-order valence-corrected chi connectivity index (χ0v) is 15.2. The van der Waals surface area contributed by atoms with E-state index < -0.39 is 0 Å². The molecule has 1 amide bonds. The molecule has 136 valence electrons. The lowest BCUT2D eigenvalue weighted by Crippen LogP contribution is -2.33. The van der Waals surface area contributed by atoms with Crippen molar-refractivity contribution in [1.29, 1.82) is 0 Å². The van der Waals surface area contributed by atoms with Crippen molar-refractivity contribution < 1.29 is 9.59 Å². The number of nitrogens with two attached hydrogens (primary N) is 1. The summed E-state index contributed by atoms with van der Waals surface area (Å²) in [6.07, 6.45) is 0. The second-order valence-corrected chi connectivity index (χ2v) is 6.39. The Morgan fingerprint density at radius 3 is 2.04 bits per heavy atom. The van der Waals surface area contributed by atoms with Crippen molar-refractivity contribution in [3.05, 3.63) is 95.6 Å². The van der Waals surface area contributed by atoms with Gasteiger partial charge < -0.3 is 11.1 Å².